The number of nitrogens with zero attached hydrogens (tertiary/aromatic N) is 3. The van der Waals surface area contributed by atoms with Crippen LogP contribution in [0.1, 0.15) is 76.8 Å². The quantitative estimate of drug-likeness (QED) is 0.444. The van der Waals surface area contributed by atoms with Crippen LogP contribution in [0.5, 0.6) is 0 Å². The molecule has 204 valence electrons. The number of aromatic nitrogens is 2. The standard InChI is InChI=1S/C26H41N5O3.2ClH/c1-17(2)16-31(19-11-18(12-27-13-19)26(6,7)33)23(32)21-15-29-24(25(3,4)5)30-22(21)28-14-20-9-8-10-34-20;;/h8-10,15,17-19,27,33H,11-14,16H2,1-7H3,(H,28,29,30);2*1H/t18-,19+;;/m0../s1. The van der Waals surface area contributed by atoms with Crippen LogP contribution in [0.15, 0.2) is 29.0 Å². The Kier molecular flexibility index (Phi) is 11.7. The molecule has 3 N–H and O–H groups in total. The predicted octanol–water partition coefficient (Wildman–Crippen LogP) is 4.67. The Morgan fingerprint density at radius 1 is 1.25 bits per heavy atom. The first-order valence-corrected chi connectivity index (χ1v) is 12.2. The maximum Gasteiger partial charge on any atom is 0.259 e. The van der Waals surface area contributed by atoms with E-state index in [4.69, 9.17) is 9.40 Å². The summed E-state index contributed by atoms with van der Waals surface area (Å²) >= 11 is 0. The van der Waals surface area contributed by atoms with E-state index in [0.29, 0.717) is 42.8 Å². The second kappa shape index (κ2) is 13.1. The van der Waals surface area contributed by atoms with Crippen LogP contribution in [-0.4, -0.2) is 57.2 Å². The topological polar surface area (TPSA) is 104 Å². The fourth-order valence-corrected chi connectivity index (χ4v) is 4.26. The molecule has 1 aliphatic heterocycles. The zero-order valence-corrected chi connectivity index (χ0v) is 24.1. The van der Waals surface area contributed by atoms with Gasteiger partial charge in [-0.15, -0.1) is 24.8 Å². The van der Waals surface area contributed by atoms with Gasteiger partial charge in [0.1, 0.15) is 23.0 Å². The monoisotopic (exact) mass is 543 g/mol. The number of nitrogens with one attached hydrogen (secondary N) is 2. The molecule has 0 saturated carbocycles. The summed E-state index contributed by atoms with van der Waals surface area (Å²) in [4.78, 5) is 25.2. The lowest BCUT2D eigenvalue weighted by molar-refractivity contribution is -0.0111. The van der Waals surface area contributed by atoms with Gasteiger partial charge in [0.2, 0.25) is 0 Å². The molecular formula is C26H43Cl2N5O3. The Labute approximate surface area is 227 Å². The van der Waals surface area contributed by atoms with Crippen LogP contribution < -0.4 is 10.6 Å². The van der Waals surface area contributed by atoms with Crippen LogP contribution in [0.4, 0.5) is 5.82 Å². The molecule has 3 heterocycles. The summed E-state index contributed by atoms with van der Waals surface area (Å²) in [6, 6.07) is 3.69. The molecule has 1 amide bonds. The molecule has 0 aromatic carbocycles. The maximum atomic E-state index is 14.0. The van der Waals surface area contributed by atoms with Gasteiger partial charge in [-0.2, -0.15) is 0 Å². The summed E-state index contributed by atoms with van der Waals surface area (Å²) in [6.07, 6.45) is 4.02. The second-order valence-corrected chi connectivity index (χ2v) is 11.4. The van der Waals surface area contributed by atoms with Crippen molar-refractivity contribution in [3.8, 4) is 0 Å². The number of hydrogen-bond donors (Lipinski definition) is 3. The molecule has 2 aromatic rings. The zero-order chi connectivity index (χ0) is 25.1. The molecule has 0 radical (unpaired) electrons. The van der Waals surface area contributed by atoms with E-state index >= 15 is 0 Å². The third kappa shape index (κ3) is 8.33. The van der Waals surface area contributed by atoms with Crippen LogP contribution in [0.3, 0.4) is 0 Å². The summed E-state index contributed by atoms with van der Waals surface area (Å²) < 4.78 is 5.46. The first-order chi connectivity index (χ1) is 15.9. The van der Waals surface area contributed by atoms with Gasteiger partial charge in [0.15, 0.2) is 0 Å². The fourth-order valence-electron chi connectivity index (χ4n) is 4.26. The van der Waals surface area contributed by atoms with Gasteiger partial charge in [-0.1, -0.05) is 34.6 Å². The number of rotatable bonds is 8. The number of furan rings is 1. The minimum Gasteiger partial charge on any atom is -0.467 e. The minimum atomic E-state index is -0.814. The molecule has 0 aliphatic carbocycles. The Balaban J connectivity index is 0.00000324. The van der Waals surface area contributed by atoms with Crippen molar-refractivity contribution in [1.29, 1.82) is 0 Å². The lowest BCUT2D eigenvalue weighted by Gasteiger charge is -2.42. The van der Waals surface area contributed by atoms with Crippen LogP contribution in [0.25, 0.3) is 0 Å². The number of carbonyl (C=O) groups excluding carboxylic acids is 1. The molecule has 3 rings (SSSR count). The molecule has 2 aromatic heterocycles. The van der Waals surface area contributed by atoms with Crippen molar-refractivity contribution in [3.63, 3.8) is 0 Å². The van der Waals surface area contributed by atoms with E-state index in [0.717, 1.165) is 18.7 Å². The Morgan fingerprint density at radius 3 is 2.50 bits per heavy atom. The van der Waals surface area contributed by atoms with Crippen molar-refractivity contribution < 1.29 is 14.3 Å². The normalized spacial score (nSPS) is 18.2. The van der Waals surface area contributed by atoms with E-state index in [2.05, 4.69) is 50.2 Å². The third-order valence-corrected chi connectivity index (χ3v) is 6.29. The molecule has 1 saturated heterocycles. The zero-order valence-electron chi connectivity index (χ0n) is 22.5. The van der Waals surface area contributed by atoms with Gasteiger partial charge < -0.3 is 25.1 Å². The van der Waals surface area contributed by atoms with E-state index in [1.165, 1.54) is 0 Å². The average Bonchev–Trinajstić information content (AvgIpc) is 3.28. The third-order valence-electron chi connectivity index (χ3n) is 6.29. The lowest BCUT2D eigenvalue weighted by atomic mass is 9.82. The van der Waals surface area contributed by atoms with E-state index < -0.39 is 5.60 Å². The Morgan fingerprint density at radius 2 is 1.94 bits per heavy atom. The van der Waals surface area contributed by atoms with Crippen molar-refractivity contribution in [1.82, 2.24) is 20.2 Å². The number of aliphatic hydroxyl groups is 1. The van der Waals surface area contributed by atoms with Gasteiger partial charge in [0.05, 0.1) is 18.4 Å². The second-order valence-electron chi connectivity index (χ2n) is 11.4. The highest BCUT2D eigenvalue weighted by Gasteiger charge is 2.37. The van der Waals surface area contributed by atoms with Crippen LogP contribution in [0.2, 0.25) is 0 Å². The predicted molar refractivity (Wildman–Crippen MR) is 148 cm³/mol. The fraction of sp³-hybridized carbons (Fsp3) is 0.654. The summed E-state index contributed by atoms with van der Waals surface area (Å²) in [7, 11) is 0. The van der Waals surface area contributed by atoms with Crippen molar-refractivity contribution >= 4 is 36.5 Å². The van der Waals surface area contributed by atoms with E-state index in [-0.39, 0.29) is 48.1 Å². The summed E-state index contributed by atoms with van der Waals surface area (Å²) in [6.45, 7) is 16.5. The Bertz CT molecular complexity index is 955. The average molecular weight is 545 g/mol. The van der Waals surface area contributed by atoms with E-state index in [1.54, 1.807) is 12.5 Å². The van der Waals surface area contributed by atoms with Gasteiger partial charge >= 0.3 is 0 Å². The van der Waals surface area contributed by atoms with Crippen molar-refractivity contribution in [2.75, 3.05) is 25.0 Å². The smallest absolute Gasteiger partial charge is 0.259 e. The molecule has 8 nitrogen and oxygen atoms in total. The summed E-state index contributed by atoms with van der Waals surface area (Å²) in [5.74, 6) is 2.20. The first kappa shape index (κ1) is 32.2. The number of halogens is 2. The van der Waals surface area contributed by atoms with Crippen LogP contribution in [0, 0.1) is 11.8 Å². The van der Waals surface area contributed by atoms with Crippen molar-refractivity contribution in [2.45, 2.75) is 78.5 Å². The molecule has 1 aliphatic rings. The van der Waals surface area contributed by atoms with Gasteiger partial charge in [-0.05, 0) is 38.3 Å². The minimum absolute atomic E-state index is 0. The van der Waals surface area contributed by atoms with Crippen LogP contribution in [-0.2, 0) is 12.0 Å². The molecule has 1 fully saturated rings. The van der Waals surface area contributed by atoms with E-state index in [9.17, 15) is 9.90 Å². The highest BCUT2D eigenvalue weighted by Crippen LogP contribution is 2.29. The van der Waals surface area contributed by atoms with Gasteiger partial charge in [-0.3, -0.25) is 4.79 Å². The van der Waals surface area contributed by atoms with Gasteiger partial charge in [-0.25, -0.2) is 9.97 Å². The maximum absolute atomic E-state index is 14.0. The highest BCUT2D eigenvalue weighted by atomic mass is 35.5. The van der Waals surface area contributed by atoms with Gasteiger partial charge in [0, 0.05) is 43.2 Å². The molecule has 10 heteroatoms. The molecule has 0 bridgehead atoms. The van der Waals surface area contributed by atoms with Gasteiger partial charge in [0.25, 0.3) is 5.91 Å². The molecule has 0 unspecified atom stereocenters. The summed E-state index contributed by atoms with van der Waals surface area (Å²) in [5, 5.41) is 17.3. The Hall–Kier alpha value is -1.87. The van der Waals surface area contributed by atoms with Crippen LogP contribution >= 0.6 is 24.8 Å². The number of piperidine rings is 1. The number of carbonyl (C=O) groups is 1. The molecule has 2 atom stereocenters. The lowest BCUT2D eigenvalue weighted by Crippen LogP contribution is -2.55. The molecular weight excluding hydrogens is 501 g/mol. The molecule has 36 heavy (non-hydrogen) atoms. The summed E-state index contributed by atoms with van der Waals surface area (Å²) in [5.41, 5.74) is -0.621. The largest absolute Gasteiger partial charge is 0.467 e. The van der Waals surface area contributed by atoms with Crippen molar-refractivity contribution in [2.24, 2.45) is 11.8 Å². The number of hydrogen-bond acceptors (Lipinski definition) is 7. The highest BCUT2D eigenvalue weighted by molar-refractivity contribution is 5.98. The molecule has 0 spiro atoms. The number of anilines is 1. The SMILES string of the molecule is CC(C)CN(C(=O)c1cnc(C(C)(C)C)nc1NCc1ccco1)[C@H]1CNC[C@@H](C(C)(C)O)C1.Cl.Cl. The van der Waals surface area contributed by atoms with E-state index in [1.807, 2.05) is 30.9 Å². The number of amides is 1. The van der Waals surface area contributed by atoms with Crippen molar-refractivity contribution in [3.05, 3.63) is 41.7 Å². The first-order valence-electron chi connectivity index (χ1n) is 12.2.